The van der Waals surface area contributed by atoms with Crippen molar-refractivity contribution in [2.24, 2.45) is 0 Å². The zero-order valence-corrected chi connectivity index (χ0v) is 51.7. The summed E-state index contributed by atoms with van der Waals surface area (Å²) in [6.07, 6.45) is 0. The lowest BCUT2D eigenvalue weighted by atomic mass is 9.70. The lowest BCUT2D eigenvalue weighted by Crippen LogP contribution is -2.21. The van der Waals surface area contributed by atoms with Crippen molar-refractivity contribution < 1.29 is 19.0 Å². The maximum atomic E-state index is 13.0. The van der Waals surface area contributed by atoms with E-state index in [9.17, 15) is 14.7 Å². The topological polar surface area (TPSA) is 69.9 Å². The highest BCUT2D eigenvalue weighted by molar-refractivity contribution is 7.63. The Kier molecular flexibility index (Phi) is 16.4. The van der Waals surface area contributed by atoms with E-state index in [4.69, 9.17) is 4.31 Å². The minimum atomic E-state index is -2.96. The van der Waals surface area contributed by atoms with Crippen LogP contribution >= 0.6 is 17.0 Å². The minimum Gasteiger partial charge on any atom is -0.346 e. The Balaban J connectivity index is 2.16. The highest BCUT2D eigenvalue weighted by Gasteiger charge is 2.37. The second-order valence-electron chi connectivity index (χ2n) is 29.3. The first-order valence-electron chi connectivity index (χ1n) is 26.8. The fourth-order valence-corrected chi connectivity index (χ4v) is 12.0. The van der Waals surface area contributed by atoms with Crippen molar-refractivity contribution in [1.29, 1.82) is 0 Å². The van der Waals surface area contributed by atoms with E-state index in [1.807, 2.05) is 0 Å². The molecule has 0 spiro atoms. The van der Waals surface area contributed by atoms with Crippen LogP contribution in [0.1, 0.15) is 211 Å². The Bertz CT molecular complexity index is 3020. The van der Waals surface area contributed by atoms with Gasteiger partial charge in [-0.2, -0.15) is 0 Å². The molecule has 6 aromatic carbocycles. The van der Waals surface area contributed by atoms with Crippen LogP contribution in [-0.4, -0.2) is 14.7 Å². The largest absolute Gasteiger partial charge is 0.346 e. The van der Waals surface area contributed by atoms with Crippen LogP contribution in [0.2, 0.25) is 0 Å². The molecule has 0 bridgehead atoms. The quantitative estimate of drug-likeness (QED) is 0.133. The fourth-order valence-electron chi connectivity index (χ4n) is 10.4. The molecule has 0 aliphatic carbocycles. The van der Waals surface area contributed by atoms with Crippen LogP contribution in [0.3, 0.4) is 0 Å². The summed E-state index contributed by atoms with van der Waals surface area (Å²) in [5.74, 6) is 0. The second-order valence-corrected chi connectivity index (χ2v) is 31.4. The van der Waals surface area contributed by atoms with E-state index in [1.165, 1.54) is 38.9 Å². The van der Waals surface area contributed by atoms with Crippen LogP contribution in [0.15, 0.2) is 103 Å². The van der Waals surface area contributed by atoms with Gasteiger partial charge in [0, 0.05) is 10.9 Å². The predicted molar refractivity (Wildman–Crippen MR) is 324 cm³/mol. The van der Waals surface area contributed by atoms with Crippen LogP contribution in [-0.2, 0) is 47.6 Å². The standard InChI is InChI=1S/C68H92O4P2/c1-61(2,3)42-29-33-53(65(13,14)15)48(37-42)46-27-25-26-28-47(46)59-57(73(69)72-74(70)71)41-50(49-38-43(62(4,5)6)30-34-54(49)66(16,17)18)58(51-39-44(63(7,8)9)31-35-55(51)67(19,20)21)60(59)52-40-45(64(10,11)12)32-36-56(52)68(22,23)24/h25-41,69-71H,1-24H3. The summed E-state index contributed by atoms with van der Waals surface area (Å²) in [7, 11) is -5.62. The number of hydrogen-bond acceptors (Lipinski definition) is 4. The van der Waals surface area contributed by atoms with Gasteiger partial charge in [-0.1, -0.05) is 263 Å². The Morgan fingerprint density at radius 2 is 0.581 bits per heavy atom. The zero-order valence-electron chi connectivity index (χ0n) is 50.0. The van der Waals surface area contributed by atoms with E-state index in [2.05, 4.69) is 269 Å². The van der Waals surface area contributed by atoms with E-state index in [1.54, 1.807) is 0 Å². The minimum absolute atomic E-state index is 0.138. The van der Waals surface area contributed by atoms with Crippen LogP contribution < -0.4 is 5.30 Å². The molecule has 0 aliphatic heterocycles. The normalized spacial score (nSPS) is 14.0. The first-order chi connectivity index (χ1) is 33.5. The van der Waals surface area contributed by atoms with Crippen molar-refractivity contribution in [3.8, 4) is 55.6 Å². The van der Waals surface area contributed by atoms with Crippen molar-refractivity contribution in [3.05, 3.63) is 148 Å². The van der Waals surface area contributed by atoms with Crippen LogP contribution in [0.25, 0.3) is 55.6 Å². The summed E-state index contributed by atoms with van der Waals surface area (Å²) in [5.41, 5.74) is 17.8. The molecule has 6 aromatic rings. The molecule has 1 unspecified atom stereocenters. The van der Waals surface area contributed by atoms with Crippen molar-refractivity contribution in [3.63, 3.8) is 0 Å². The van der Waals surface area contributed by atoms with Gasteiger partial charge in [0.2, 0.25) is 8.38 Å². The molecule has 1 atom stereocenters. The van der Waals surface area contributed by atoms with Gasteiger partial charge in [0.05, 0.1) is 0 Å². The zero-order chi connectivity index (χ0) is 55.9. The molecule has 0 aromatic heterocycles. The van der Waals surface area contributed by atoms with Crippen molar-refractivity contribution in [2.75, 3.05) is 0 Å². The monoisotopic (exact) mass is 1030 g/mol. The highest BCUT2D eigenvalue weighted by Crippen LogP contribution is 2.57. The van der Waals surface area contributed by atoms with Gasteiger partial charge in [-0.25, -0.2) is 0 Å². The van der Waals surface area contributed by atoms with E-state index in [0.717, 1.165) is 61.2 Å². The predicted octanol–water partition coefficient (Wildman–Crippen LogP) is 19.6. The number of benzene rings is 6. The molecule has 0 fully saturated rings. The van der Waals surface area contributed by atoms with Gasteiger partial charge in [0.15, 0.2) is 0 Å². The molecule has 0 saturated heterocycles. The Hall–Kier alpha value is -3.98. The van der Waals surface area contributed by atoms with Gasteiger partial charge in [-0.05, 0) is 144 Å². The van der Waals surface area contributed by atoms with E-state index in [-0.39, 0.29) is 43.3 Å². The molecule has 0 radical (unpaired) electrons. The molecular weight excluding hydrogens is 943 g/mol. The molecule has 4 nitrogen and oxygen atoms in total. The van der Waals surface area contributed by atoms with E-state index >= 15 is 0 Å². The van der Waals surface area contributed by atoms with Crippen molar-refractivity contribution in [1.82, 2.24) is 0 Å². The van der Waals surface area contributed by atoms with Crippen LogP contribution in [0, 0.1) is 0 Å². The molecule has 74 heavy (non-hydrogen) atoms. The van der Waals surface area contributed by atoms with Crippen molar-refractivity contribution >= 4 is 22.3 Å². The fraction of sp³-hybridized carbons (Fsp3) is 0.471. The Morgan fingerprint density at radius 3 is 0.905 bits per heavy atom. The van der Waals surface area contributed by atoms with Gasteiger partial charge in [-0.15, -0.1) is 0 Å². The molecule has 0 saturated carbocycles. The summed E-state index contributed by atoms with van der Waals surface area (Å²) in [4.78, 5) is 34.7. The summed E-state index contributed by atoms with van der Waals surface area (Å²) < 4.78 is 6.00. The molecule has 6 rings (SSSR count). The lowest BCUT2D eigenvalue weighted by molar-refractivity contribution is 0.372. The molecule has 0 aliphatic rings. The third-order valence-corrected chi connectivity index (χ3v) is 16.7. The van der Waals surface area contributed by atoms with Crippen molar-refractivity contribution in [2.45, 2.75) is 209 Å². The molecule has 0 heterocycles. The number of rotatable bonds is 8. The number of hydrogen-bond donors (Lipinski definition) is 3. The average Bonchev–Trinajstić information content (AvgIpc) is 3.24. The second kappa shape index (κ2) is 20.4. The maximum absolute atomic E-state index is 13.0. The third kappa shape index (κ3) is 12.7. The summed E-state index contributed by atoms with van der Waals surface area (Å²) in [5, 5.41) is 0.521. The highest BCUT2D eigenvalue weighted by atomic mass is 31.2. The maximum Gasteiger partial charge on any atom is 0.332 e. The molecule has 398 valence electrons. The van der Waals surface area contributed by atoms with E-state index in [0.29, 0.717) is 5.30 Å². The molecule has 3 N–H and O–H groups in total. The summed E-state index contributed by atoms with van der Waals surface area (Å²) in [6.45, 7) is 54.9. The Labute approximate surface area is 451 Å². The van der Waals surface area contributed by atoms with Crippen LogP contribution in [0.5, 0.6) is 0 Å². The van der Waals surface area contributed by atoms with Gasteiger partial charge in [-0.3, -0.25) is 4.31 Å². The first kappa shape index (κ1) is 59.3. The lowest BCUT2D eigenvalue weighted by Gasteiger charge is -2.35. The van der Waals surface area contributed by atoms with Crippen LogP contribution in [0.4, 0.5) is 0 Å². The smallest absolute Gasteiger partial charge is 0.332 e. The summed E-state index contributed by atoms with van der Waals surface area (Å²) in [6, 6.07) is 39.0. The van der Waals surface area contributed by atoms with E-state index < -0.39 is 17.0 Å². The molecule has 0 amide bonds. The van der Waals surface area contributed by atoms with Gasteiger partial charge in [0.1, 0.15) is 0 Å². The van der Waals surface area contributed by atoms with Gasteiger partial charge >= 0.3 is 8.60 Å². The average molecular weight is 1040 g/mol. The molecule has 6 heteroatoms. The molecular formula is C68H92O4P2. The summed E-state index contributed by atoms with van der Waals surface area (Å²) >= 11 is 0. The van der Waals surface area contributed by atoms with Gasteiger partial charge < -0.3 is 14.7 Å². The first-order valence-corrected chi connectivity index (χ1v) is 29.2. The van der Waals surface area contributed by atoms with Gasteiger partial charge in [0.25, 0.3) is 0 Å². The third-order valence-electron chi connectivity index (χ3n) is 14.8. The Morgan fingerprint density at radius 1 is 0.284 bits per heavy atom. The SMILES string of the molecule is CC(C)(C)c1ccc(C(C)(C)C)c(-c2ccccc2-c2c(P(O)OP(O)O)cc(-c3cc(C(C)(C)C)ccc3C(C)(C)C)c(-c3cc(C(C)(C)C)ccc3C(C)(C)C)c2-c2cc(C(C)(C)C)ccc2C(C)(C)C)c1.